The average Bonchev–Trinajstić information content (AvgIpc) is 2.75. The predicted molar refractivity (Wildman–Crippen MR) is 121 cm³/mol. The summed E-state index contributed by atoms with van der Waals surface area (Å²) in [5.74, 6) is 0.842. The van der Waals surface area contributed by atoms with Crippen molar-refractivity contribution in [3.05, 3.63) is 35.9 Å². The van der Waals surface area contributed by atoms with E-state index < -0.39 is 0 Å². The molecule has 1 saturated heterocycles. The van der Waals surface area contributed by atoms with Crippen molar-refractivity contribution in [1.29, 1.82) is 0 Å². The minimum atomic E-state index is -0.00808. The highest BCUT2D eigenvalue weighted by atomic mass is 16.2. The normalized spacial score (nSPS) is 18.4. The first kappa shape index (κ1) is 22.6. The molecule has 1 heterocycles. The largest absolute Gasteiger partial charge is 0.343 e. The third kappa shape index (κ3) is 6.75. The summed E-state index contributed by atoms with van der Waals surface area (Å²) in [7, 11) is 0. The third-order valence-corrected chi connectivity index (χ3v) is 6.72. The summed E-state index contributed by atoms with van der Waals surface area (Å²) < 4.78 is 0. The van der Waals surface area contributed by atoms with E-state index in [0.717, 1.165) is 45.2 Å². The molecule has 0 bridgehead atoms. The molecule has 2 fully saturated rings. The molecule has 1 N–H and O–H groups in total. The first-order valence-electron chi connectivity index (χ1n) is 11.9. The van der Waals surface area contributed by atoms with Gasteiger partial charge in [-0.15, -0.1) is 0 Å². The van der Waals surface area contributed by atoms with Crippen molar-refractivity contribution in [3.8, 4) is 0 Å². The number of carbonyl (C=O) groups is 2. The molecule has 0 atom stereocenters. The van der Waals surface area contributed by atoms with Crippen molar-refractivity contribution in [2.24, 2.45) is 5.92 Å². The molecule has 5 nitrogen and oxygen atoms in total. The molecule has 30 heavy (non-hydrogen) atoms. The molecule has 3 rings (SSSR count). The van der Waals surface area contributed by atoms with E-state index >= 15 is 0 Å². The van der Waals surface area contributed by atoms with E-state index in [2.05, 4.69) is 35.6 Å². The molecule has 0 spiro atoms. The fourth-order valence-electron chi connectivity index (χ4n) is 4.81. The molecule has 1 saturated carbocycles. The minimum Gasteiger partial charge on any atom is -0.343 e. The lowest BCUT2D eigenvalue weighted by atomic mass is 9.90. The van der Waals surface area contributed by atoms with E-state index in [-0.39, 0.29) is 18.0 Å². The number of nitrogens with zero attached hydrogens (tertiary/aromatic N) is 2. The number of hydrogen-bond donors (Lipinski definition) is 1. The van der Waals surface area contributed by atoms with Gasteiger partial charge >= 0.3 is 6.03 Å². The highest BCUT2D eigenvalue weighted by molar-refractivity contribution is 5.78. The zero-order valence-corrected chi connectivity index (χ0v) is 18.8. The van der Waals surface area contributed by atoms with Crippen LogP contribution in [0.3, 0.4) is 0 Å². The number of rotatable bonds is 7. The van der Waals surface area contributed by atoms with Crippen molar-refractivity contribution < 1.29 is 9.59 Å². The van der Waals surface area contributed by atoms with Gasteiger partial charge in [0.15, 0.2) is 0 Å². The van der Waals surface area contributed by atoms with Crippen LogP contribution in [0.1, 0.15) is 70.8 Å². The lowest BCUT2D eigenvalue weighted by molar-refractivity contribution is -0.132. The fourth-order valence-corrected chi connectivity index (χ4v) is 4.81. The Hall–Kier alpha value is -2.04. The van der Waals surface area contributed by atoms with Gasteiger partial charge in [-0.2, -0.15) is 0 Å². The number of piperidine rings is 1. The molecule has 1 aromatic carbocycles. The van der Waals surface area contributed by atoms with Gasteiger partial charge in [-0.3, -0.25) is 4.79 Å². The third-order valence-electron chi connectivity index (χ3n) is 6.72. The van der Waals surface area contributed by atoms with E-state index in [4.69, 9.17) is 0 Å². The Morgan fingerprint density at radius 2 is 1.70 bits per heavy atom. The van der Waals surface area contributed by atoms with E-state index in [9.17, 15) is 9.59 Å². The molecule has 1 aliphatic heterocycles. The van der Waals surface area contributed by atoms with Gasteiger partial charge in [-0.25, -0.2) is 4.79 Å². The highest BCUT2D eigenvalue weighted by Crippen LogP contribution is 2.22. The molecule has 0 radical (unpaired) electrons. The second-order valence-corrected chi connectivity index (χ2v) is 9.34. The number of nitrogens with one attached hydrogen (secondary N) is 1. The van der Waals surface area contributed by atoms with Crippen LogP contribution in [0.25, 0.3) is 0 Å². The van der Waals surface area contributed by atoms with Crippen LogP contribution in [-0.2, 0) is 11.2 Å². The van der Waals surface area contributed by atoms with Crippen LogP contribution in [0, 0.1) is 5.92 Å². The summed E-state index contributed by atoms with van der Waals surface area (Å²) in [6, 6.07) is 11.0. The standard InChI is InChI=1S/C25H39N3O2/c1-20(2)28(25(30)26-23-11-7-4-8-12-23)18-15-24(29)27-16-13-22(14-17-27)19-21-9-5-3-6-10-21/h3,5-6,9-10,20,22-23H,4,7-8,11-19H2,1-2H3,(H,26,30). The van der Waals surface area contributed by atoms with Crippen LogP contribution in [0.4, 0.5) is 4.79 Å². The number of likely N-dealkylation sites (tertiary alicyclic amines) is 1. The van der Waals surface area contributed by atoms with Crippen LogP contribution >= 0.6 is 0 Å². The summed E-state index contributed by atoms with van der Waals surface area (Å²) in [6.45, 7) is 6.23. The molecule has 0 unspecified atom stereocenters. The monoisotopic (exact) mass is 413 g/mol. The molecular weight excluding hydrogens is 374 g/mol. The maximum Gasteiger partial charge on any atom is 0.317 e. The second-order valence-electron chi connectivity index (χ2n) is 9.34. The first-order chi connectivity index (χ1) is 14.5. The Kier molecular flexibility index (Phi) is 8.59. The highest BCUT2D eigenvalue weighted by Gasteiger charge is 2.26. The van der Waals surface area contributed by atoms with Gasteiger partial charge in [0.1, 0.15) is 0 Å². The van der Waals surface area contributed by atoms with Gasteiger partial charge in [0.25, 0.3) is 0 Å². The van der Waals surface area contributed by atoms with Crippen molar-refractivity contribution in [3.63, 3.8) is 0 Å². The average molecular weight is 414 g/mol. The van der Waals surface area contributed by atoms with Crippen molar-refractivity contribution in [2.75, 3.05) is 19.6 Å². The molecule has 1 aromatic rings. The van der Waals surface area contributed by atoms with Gasteiger partial charge in [-0.1, -0.05) is 49.6 Å². The SMILES string of the molecule is CC(C)N(CCC(=O)N1CCC(Cc2ccccc2)CC1)C(=O)NC1CCCCC1. The zero-order valence-electron chi connectivity index (χ0n) is 18.8. The molecule has 3 amide bonds. The van der Waals surface area contributed by atoms with E-state index in [1.54, 1.807) is 0 Å². The fraction of sp³-hybridized carbons (Fsp3) is 0.680. The van der Waals surface area contributed by atoms with Crippen LogP contribution in [0.15, 0.2) is 30.3 Å². The summed E-state index contributed by atoms with van der Waals surface area (Å²) >= 11 is 0. The lowest BCUT2D eigenvalue weighted by Gasteiger charge is -2.34. The van der Waals surface area contributed by atoms with Gasteiger partial charge in [0.2, 0.25) is 5.91 Å². The zero-order chi connectivity index (χ0) is 21.3. The first-order valence-corrected chi connectivity index (χ1v) is 11.9. The topological polar surface area (TPSA) is 52.7 Å². The Morgan fingerprint density at radius 1 is 1.03 bits per heavy atom. The maximum atomic E-state index is 12.8. The van der Waals surface area contributed by atoms with Crippen molar-refractivity contribution in [2.45, 2.75) is 83.7 Å². The Bertz CT molecular complexity index is 662. The Morgan fingerprint density at radius 3 is 2.33 bits per heavy atom. The molecular formula is C25H39N3O2. The van der Waals surface area contributed by atoms with Crippen molar-refractivity contribution in [1.82, 2.24) is 15.1 Å². The van der Waals surface area contributed by atoms with Crippen LogP contribution in [-0.4, -0.2) is 53.5 Å². The molecule has 0 aromatic heterocycles. The summed E-state index contributed by atoms with van der Waals surface area (Å²) in [5, 5.41) is 3.19. The molecule has 166 valence electrons. The summed E-state index contributed by atoms with van der Waals surface area (Å²) in [4.78, 5) is 29.3. The van der Waals surface area contributed by atoms with Crippen molar-refractivity contribution >= 4 is 11.9 Å². The Balaban J connectivity index is 1.41. The Labute approximate surface area is 182 Å². The predicted octanol–water partition coefficient (Wildman–Crippen LogP) is 4.61. The van der Waals surface area contributed by atoms with E-state index in [1.165, 1.54) is 24.8 Å². The van der Waals surface area contributed by atoms with Crippen LogP contribution < -0.4 is 5.32 Å². The summed E-state index contributed by atoms with van der Waals surface area (Å²) in [6.07, 6.45) is 9.48. The van der Waals surface area contributed by atoms with Gasteiger partial charge in [0, 0.05) is 38.1 Å². The summed E-state index contributed by atoms with van der Waals surface area (Å²) in [5.41, 5.74) is 1.39. The second kappa shape index (κ2) is 11.4. The quantitative estimate of drug-likeness (QED) is 0.710. The van der Waals surface area contributed by atoms with Crippen LogP contribution in [0.2, 0.25) is 0 Å². The van der Waals surface area contributed by atoms with Crippen LogP contribution in [0.5, 0.6) is 0 Å². The van der Waals surface area contributed by atoms with E-state index in [1.807, 2.05) is 23.6 Å². The van der Waals surface area contributed by atoms with Gasteiger partial charge < -0.3 is 15.1 Å². The smallest absolute Gasteiger partial charge is 0.317 e. The number of hydrogen-bond acceptors (Lipinski definition) is 2. The maximum absolute atomic E-state index is 12.8. The van der Waals surface area contributed by atoms with Gasteiger partial charge in [-0.05, 0) is 57.4 Å². The molecule has 2 aliphatic rings. The minimum absolute atomic E-state index is 0.00808. The number of urea groups is 1. The lowest BCUT2D eigenvalue weighted by Crippen LogP contribution is -2.49. The molecule has 5 heteroatoms. The number of amides is 3. The number of benzene rings is 1. The number of carbonyl (C=O) groups excluding carboxylic acids is 2. The van der Waals surface area contributed by atoms with Gasteiger partial charge in [0.05, 0.1) is 0 Å². The molecule has 1 aliphatic carbocycles. The van der Waals surface area contributed by atoms with E-state index in [0.29, 0.717) is 24.9 Å².